The molecule has 52 heavy (non-hydrogen) atoms. The third-order valence-corrected chi connectivity index (χ3v) is 11.1. The monoisotopic (exact) mass is 703 g/mol. The zero-order valence-corrected chi connectivity index (χ0v) is 29.8. The Morgan fingerprint density at radius 2 is 1.12 bits per heavy atom. The number of rotatable bonds is 12. The zero-order chi connectivity index (χ0) is 35.8. The lowest BCUT2D eigenvalue weighted by Crippen LogP contribution is -2.86. The van der Waals surface area contributed by atoms with Gasteiger partial charge in [0, 0.05) is 134 Å². The van der Waals surface area contributed by atoms with Gasteiger partial charge in [-0.05, 0) is 43.4 Å². The highest BCUT2D eigenvalue weighted by atomic mass is 16.2. The van der Waals surface area contributed by atoms with Crippen LogP contribution in [0.3, 0.4) is 0 Å². The summed E-state index contributed by atoms with van der Waals surface area (Å²) in [5, 5.41) is 12.3. The van der Waals surface area contributed by atoms with Crippen molar-refractivity contribution in [2.24, 2.45) is 0 Å². The fourth-order valence-electron chi connectivity index (χ4n) is 8.22. The summed E-state index contributed by atoms with van der Waals surface area (Å²) in [6.45, 7) is 10.7. The molecule has 12 heteroatoms. The van der Waals surface area contributed by atoms with E-state index in [1.165, 1.54) is 9.80 Å². The van der Waals surface area contributed by atoms with E-state index in [9.17, 15) is 19.2 Å². The second kappa shape index (κ2) is 14.6. The van der Waals surface area contributed by atoms with Crippen LogP contribution in [0.15, 0.2) is 60.7 Å². The van der Waals surface area contributed by atoms with Crippen LogP contribution >= 0.6 is 0 Å². The topological polar surface area (TPSA) is 125 Å². The number of carbonyl (C=O) groups is 4. The predicted octanol–water partition coefficient (Wildman–Crippen LogP) is 1.59. The number of piperazine rings is 2. The van der Waals surface area contributed by atoms with Crippen molar-refractivity contribution in [3.8, 4) is 0 Å². The molecule has 0 aliphatic carbocycles. The molecule has 12 nitrogen and oxygen atoms in total. The number of anilines is 2. The summed E-state index contributed by atoms with van der Waals surface area (Å²) in [5.41, 5.74) is 4.51. The molecule has 4 amide bonds. The van der Waals surface area contributed by atoms with Gasteiger partial charge in [0.05, 0.1) is 19.6 Å². The largest absolute Gasteiger partial charge is 0.368 e. The Bertz CT molecular complexity index is 2010. The number of amides is 4. The lowest BCUT2D eigenvalue weighted by molar-refractivity contribution is -0.653. The van der Waals surface area contributed by atoms with Crippen molar-refractivity contribution in [2.75, 3.05) is 108 Å². The standard InChI is InChI=1S/C40H46N8O4/c1-44-23-25-46(26-24-44)34-12-10-32-36-28(34)6-3-8-30(36)38(50)48(40(32)52)22-18-42-14-4-13-41-17-21-47-37(49)29-7-2-5-27-33(45-19-15-43-16-20-45)11-9-31(35(27)29)39(47)51/h2-3,5-12,41-43H,4,13-26H2,1H3/p+1. The summed E-state index contributed by atoms with van der Waals surface area (Å²) in [7, 11) is 2.13. The fourth-order valence-corrected chi connectivity index (χ4v) is 8.22. The van der Waals surface area contributed by atoms with E-state index >= 15 is 0 Å². The summed E-state index contributed by atoms with van der Waals surface area (Å²) in [5.74, 6) is -0.942. The van der Waals surface area contributed by atoms with Crippen molar-refractivity contribution in [1.29, 1.82) is 0 Å². The van der Waals surface area contributed by atoms with E-state index < -0.39 is 0 Å². The molecular weight excluding hydrogens is 656 g/mol. The molecule has 0 atom stereocenters. The van der Waals surface area contributed by atoms with E-state index in [2.05, 4.69) is 37.7 Å². The Kier molecular flexibility index (Phi) is 9.63. The third kappa shape index (κ3) is 6.19. The first-order chi connectivity index (χ1) is 25.4. The first-order valence-corrected chi connectivity index (χ1v) is 18.7. The maximum atomic E-state index is 13.6. The molecule has 0 unspecified atom stereocenters. The average Bonchev–Trinajstić information content (AvgIpc) is 3.17. The smallest absolute Gasteiger partial charge is 0.261 e. The second-order valence-corrected chi connectivity index (χ2v) is 14.2. The van der Waals surface area contributed by atoms with E-state index in [1.54, 1.807) is 0 Å². The number of nitrogens with two attached hydrogens (primary N) is 1. The Hall–Kier alpha value is -4.88. The number of hydrogen-bond donors (Lipinski definition) is 3. The number of nitrogens with one attached hydrogen (secondary N) is 2. The molecule has 4 aromatic rings. The molecule has 2 fully saturated rings. The Balaban J connectivity index is 0.804. The number of carbonyl (C=O) groups excluding carboxylic acids is 4. The number of likely N-dealkylation sites (N-methyl/N-ethyl adjacent to an activating group) is 1. The van der Waals surface area contributed by atoms with Gasteiger partial charge in [-0.3, -0.25) is 29.0 Å². The van der Waals surface area contributed by atoms with Gasteiger partial charge in [0.1, 0.15) is 0 Å². The lowest BCUT2D eigenvalue weighted by Gasteiger charge is -2.35. The summed E-state index contributed by atoms with van der Waals surface area (Å²) in [4.78, 5) is 63.9. The minimum absolute atomic E-state index is 0.230. The van der Waals surface area contributed by atoms with Crippen molar-refractivity contribution in [3.05, 3.63) is 82.9 Å². The number of hydrogen-bond acceptors (Lipinski definition) is 9. The van der Waals surface area contributed by atoms with Crippen LogP contribution in [-0.2, 0) is 0 Å². The molecule has 4 aliphatic rings. The molecule has 4 N–H and O–H groups in total. The normalized spacial score (nSPS) is 18.0. The van der Waals surface area contributed by atoms with Gasteiger partial charge in [0.15, 0.2) is 0 Å². The van der Waals surface area contributed by atoms with Crippen LogP contribution in [0.2, 0.25) is 0 Å². The highest BCUT2D eigenvalue weighted by Gasteiger charge is 2.35. The average molecular weight is 704 g/mol. The molecule has 0 radical (unpaired) electrons. The van der Waals surface area contributed by atoms with E-state index in [0.717, 1.165) is 105 Å². The lowest BCUT2D eigenvalue weighted by atomic mass is 9.92. The van der Waals surface area contributed by atoms with Crippen molar-refractivity contribution in [1.82, 2.24) is 25.3 Å². The molecule has 2 saturated heterocycles. The Morgan fingerprint density at radius 3 is 1.69 bits per heavy atom. The molecule has 4 aliphatic heterocycles. The number of benzene rings is 4. The van der Waals surface area contributed by atoms with Gasteiger partial charge < -0.3 is 30.7 Å². The van der Waals surface area contributed by atoms with Gasteiger partial charge >= 0.3 is 0 Å². The SMILES string of the molecule is CN1CCN(c2ccc3c4c(cccc24)C(=O)N(CCNCCC[NH2+]CCN2C(=O)c4cccc5c(N6CCNCC6)ccc(c45)C2=O)C3=O)CC1. The van der Waals surface area contributed by atoms with Crippen molar-refractivity contribution < 1.29 is 24.5 Å². The van der Waals surface area contributed by atoms with Gasteiger partial charge in [-0.2, -0.15) is 0 Å². The number of quaternary nitrogens is 1. The van der Waals surface area contributed by atoms with Gasteiger partial charge in [-0.1, -0.05) is 24.3 Å². The van der Waals surface area contributed by atoms with E-state index in [1.807, 2.05) is 60.7 Å². The Morgan fingerprint density at radius 1 is 0.596 bits per heavy atom. The van der Waals surface area contributed by atoms with Crippen molar-refractivity contribution >= 4 is 56.5 Å². The van der Waals surface area contributed by atoms with Crippen molar-refractivity contribution in [2.45, 2.75) is 6.42 Å². The van der Waals surface area contributed by atoms with E-state index in [-0.39, 0.29) is 23.6 Å². The summed E-state index contributed by atoms with van der Waals surface area (Å²) in [6.07, 6.45) is 0.859. The molecule has 4 heterocycles. The van der Waals surface area contributed by atoms with Crippen LogP contribution in [0.1, 0.15) is 47.9 Å². The first kappa shape index (κ1) is 34.2. The minimum atomic E-state index is -0.241. The second-order valence-electron chi connectivity index (χ2n) is 14.2. The van der Waals surface area contributed by atoms with Crippen LogP contribution < -0.4 is 25.8 Å². The number of imide groups is 2. The molecule has 4 aromatic carbocycles. The highest BCUT2D eigenvalue weighted by Crippen LogP contribution is 2.37. The molecule has 8 rings (SSSR count). The van der Waals surface area contributed by atoms with E-state index in [4.69, 9.17) is 0 Å². The molecule has 0 aromatic heterocycles. The summed E-state index contributed by atoms with van der Waals surface area (Å²) >= 11 is 0. The Labute approximate surface area is 303 Å². The quantitative estimate of drug-likeness (QED) is 0.149. The van der Waals surface area contributed by atoms with Crippen LogP contribution in [0.5, 0.6) is 0 Å². The maximum Gasteiger partial charge on any atom is 0.261 e. The van der Waals surface area contributed by atoms with Crippen molar-refractivity contribution in [3.63, 3.8) is 0 Å². The van der Waals surface area contributed by atoms with Gasteiger partial charge in [0.25, 0.3) is 23.6 Å². The highest BCUT2D eigenvalue weighted by molar-refractivity contribution is 6.28. The number of nitrogens with zero attached hydrogens (tertiary/aromatic N) is 5. The first-order valence-electron chi connectivity index (χ1n) is 18.7. The minimum Gasteiger partial charge on any atom is -0.368 e. The van der Waals surface area contributed by atoms with Gasteiger partial charge in [-0.15, -0.1) is 0 Å². The van der Waals surface area contributed by atoms with Crippen LogP contribution in [-0.4, -0.2) is 137 Å². The molecular formula is C40H47N8O4+. The third-order valence-electron chi connectivity index (χ3n) is 11.1. The van der Waals surface area contributed by atoms with E-state index in [0.29, 0.717) is 48.4 Å². The predicted molar refractivity (Wildman–Crippen MR) is 203 cm³/mol. The molecule has 270 valence electrons. The molecule has 0 spiro atoms. The van der Waals surface area contributed by atoms with Crippen LogP contribution in [0.4, 0.5) is 11.4 Å². The summed E-state index contributed by atoms with van der Waals surface area (Å²) < 4.78 is 0. The maximum absolute atomic E-state index is 13.6. The van der Waals surface area contributed by atoms with Gasteiger partial charge in [0.2, 0.25) is 0 Å². The summed E-state index contributed by atoms with van der Waals surface area (Å²) in [6, 6.07) is 19.4. The van der Waals surface area contributed by atoms with Crippen LogP contribution in [0, 0.1) is 0 Å². The molecule has 0 saturated carbocycles. The van der Waals surface area contributed by atoms with Crippen LogP contribution in [0.25, 0.3) is 21.5 Å². The fraction of sp³-hybridized carbons (Fsp3) is 0.400. The zero-order valence-electron chi connectivity index (χ0n) is 29.8. The molecule has 0 bridgehead atoms. The van der Waals surface area contributed by atoms with Gasteiger partial charge in [-0.25, -0.2) is 0 Å².